The minimum Gasteiger partial charge on any atom is -0.360 e. The minimum absolute atomic E-state index is 0.197. The highest BCUT2D eigenvalue weighted by atomic mass is 32.1. The molecule has 1 aliphatic carbocycles. The van der Waals surface area contributed by atoms with Gasteiger partial charge >= 0.3 is 0 Å². The number of hydrogen-bond acceptors (Lipinski definition) is 8. The van der Waals surface area contributed by atoms with Crippen LogP contribution >= 0.6 is 22.7 Å². The number of Topliss-reactive ketones (excluding diaryl/α,β-unsaturated/α-hetero) is 1. The fourth-order valence-electron chi connectivity index (χ4n) is 3.70. The molecule has 1 aromatic carbocycles. The first-order chi connectivity index (χ1) is 14.7. The smallest absolute Gasteiger partial charge is 0.225 e. The number of benzene rings is 1. The summed E-state index contributed by atoms with van der Waals surface area (Å²) in [5.41, 5.74) is 2.67. The third-order valence-electron chi connectivity index (χ3n) is 5.21. The molecule has 30 heavy (non-hydrogen) atoms. The summed E-state index contributed by atoms with van der Waals surface area (Å²) in [5, 5.41) is 9.64. The maximum absolute atomic E-state index is 12.3. The molecule has 0 spiro atoms. The maximum Gasteiger partial charge on any atom is 0.225 e. The topological polar surface area (TPSA) is 79.8 Å². The molecule has 0 radical (unpaired) electrons. The van der Waals surface area contributed by atoms with Crippen molar-refractivity contribution in [3.63, 3.8) is 0 Å². The number of hydrogen-bond donors (Lipinski definition) is 2. The van der Waals surface area contributed by atoms with E-state index in [0.29, 0.717) is 24.7 Å². The quantitative estimate of drug-likeness (QED) is 0.430. The molecule has 1 fully saturated rings. The largest absolute Gasteiger partial charge is 0.360 e. The van der Waals surface area contributed by atoms with E-state index in [2.05, 4.69) is 28.1 Å². The number of anilines is 2. The summed E-state index contributed by atoms with van der Waals surface area (Å²) in [6, 6.07) is 12.0. The van der Waals surface area contributed by atoms with Crippen LogP contribution in [0.25, 0.3) is 20.8 Å². The molecule has 3 heterocycles. The van der Waals surface area contributed by atoms with Gasteiger partial charge in [-0.1, -0.05) is 18.2 Å². The normalized spacial score (nSPS) is 16.3. The number of carbonyl (C=O) groups is 1. The van der Waals surface area contributed by atoms with Gasteiger partial charge in [0.25, 0.3) is 0 Å². The Bertz CT molecular complexity index is 1170. The Kier molecular flexibility index (Phi) is 5.18. The van der Waals surface area contributed by atoms with Crippen molar-refractivity contribution in [3.05, 3.63) is 52.3 Å². The fourth-order valence-corrected chi connectivity index (χ4v) is 5.41. The standard InChI is InChI=1S/C22H21N5OS2/c1-13-19(21-26-16-7-2-3-10-18(16)30-21)20(25-15-8-4-9-17(15)28)27-22(24-13)23-12-14-6-5-11-29-14/h2-3,5-7,10-11,15H,4,8-9,12H2,1H3,(H2,23,24,25,27). The number of fused-ring (bicyclic) bond motifs is 1. The first-order valence-electron chi connectivity index (χ1n) is 9.97. The second-order valence-corrected chi connectivity index (χ2v) is 9.39. The molecular formula is C22H21N5OS2. The zero-order valence-corrected chi connectivity index (χ0v) is 18.1. The summed E-state index contributed by atoms with van der Waals surface area (Å²) in [6.45, 7) is 2.64. The Morgan fingerprint density at radius 3 is 2.80 bits per heavy atom. The number of aryl methyl sites for hydroxylation is 1. The zero-order valence-electron chi connectivity index (χ0n) is 16.5. The van der Waals surface area contributed by atoms with E-state index < -0.39 is 0 Å². The number of carbonyl (C=O) groups excluding carboxylic acids is 1. The van der Waals surface area contributed by atoms with Crippen molar-refractivity contribution in [2.24, 2.45) is 0 Å². The molecule has 5 rings (SSSR count). The lowest BCUT2D eigenvalue weighted by atomic mass is 10.2. The van der Waals surface area contributed by atoms with Crippen molar-refractivity contribution in [1.82, 2.24) is 15.0 Å². The highest BCUT2D eigenvalue weighted by Crippen LogP contribution is 2.37. The van der Waals surface area contributed by atoms with Crippen molar-refractivity contribution in [1.29, 1.82) is 0 Å². The van der Waals surface area contributed by atoms with E-state index in [0.717, 1.165) is 39.3 Å². The van der Waals surface area contributed by atoms with Gasteiger partial charge in [0.05, 0.1) is 34.1 Å². The molecule has 1 atom stereocenters. The molecule has 0 aliphatic heterocycles. The van der Waals surface area contributed by atoms with E-state index in [-0.39, 0.29) is 11.8 Å². The number of thiazole rings is 1. The number of nitrogens with zero attached hydrogens (tertiary/aromatic N) is 3. The predicted octanol–water partition coefficient (Wildman–Crippen LogP) is 5.27. The number of rotatable bonds is 6. The van der Waals surface area contributed by atoms with E-state index in [1.54, 1.807) is 22.7 Å². The molecule has 0 amide bonds. The van der Waals surface area contributed by atoms with Crippen LogP contribution in [0.5, 0.6) is 0 Å². The Morgan fingerprint density at radius 1 is 1.13 bits per heavy atom. The van der Waals surface area contributed by atoms with E-state index in [9.17, 15) is 4.79 Å². The van der Waals surface area contributed by atoms with Gasteiger partial charge in [0, 0.05) is 11.3 Å². The first-order valence-corrected chi connectivity index (χ1v) is 11.7. The van der Waals surface area contributed by atoms with Crippen LogP contribution in [0.3, 0.4) is 0 Å². The zero-order chi connectivity index (χ0) is 20.5. The van der Waals surface area contributed by atoms with Crippen LogP contribution in [0, 0.1) is 6.92 Å². The molecule has 4 aromatic rings. The van der Waals surface area contributed by atoms with Crippen molar-refractivity contribution in [2.45, 2.75) is 38.8 Å². The molecule has 6 nitrogen and oxygen atoms in total. The molecule has 0 saturated heterocycles. The van der Waals surface area contributed by atoms with Crippen LogP contribution in [-0.2, 0) is 11.3 Å². The molecule has 0 bridgehead atoms. The first kappa shape index (κ1) is 19.1. The highest BCUT2D eigenvalue weighted by molar-refractivity contribution is 7.21. The number of para-hydroxylation sites is 1. The lowest BCUT2D eigenvalue weighted by Gasteiger charge is -2.17. The molecule has 2 N–H and O–H groups in total. The van der Waals surface area contributed by atoms with Gasteiger partial charge in [0.1, 0.15) is 10.8 Å². The Balaban J connectivity index is 1.54. The lowest BCUT2D eigenvalue weighted by Crippen LogP contribution is -2.25. The van der Waals surface area contributed by atoms with Gasteiger partial charge in [-0.25, -0.2) is 9.97 Å². The van der Waals surface area contributed by atoms with E-state index in [1.165, 1.54) is 4.88 Å². The Hall–Kier alpha value is -2.84. The van der Waals surface area contributed by atoms with Crippen LogP contribution in [0.4, 0.5) is 11.8 Å². The molecule has 8 heteroatoms. The van der Waals surface area contributed by atoms with Crippen LogP contribution in [-0.4, -0.2) is 26.8 Å². The monoisotopic (exact) mass is 435 g/mol. The minimum atomic E-state index is -0.197. The van der Waals surface area contributed by atoms with Crippen LogP contribution < -0.4 is 10.6 Å². The third kappa shape index (κ3) is 3.80. The van der Waals surface area contributed by atoms with Gasteiger partial charge in [0.2, 0.25) is 5.95 Å². The molecule has 1 saturated carbocycles. The average molecular weight is 436 g/mol. The lowest BCUT2D eigenvalue weighted by molar-refractivity contribution is -0.118. The molecule has 1 unspecified atom stereocenters. The summed E-state index contributed by atoms with van der Waals surface area (Å²) < 4.78 is 1.12. The molecular weight excluding hydrogens is 414 g/mol. The summed E-state index contributed by atoms with van der Waals surface area (Å²) >= 11 is 3.31. The average Bonchev–Trinajstić information content (AvgIpc) is 3.48. The summed E-state index contributed by atoms with van der Waals surface area (Å²) in [6.07, 6.45) is 2.38. The van der Waals surface area contributed by atoms with Crippen molar-refractivity contribution in [2.75, 3.05) is 10.6 Å². The van der Waals surface area contributed by atoms with Crippen molar-refractivity contribution in [3.8, 4) is 10.6 Å². The fraction of sp³-hybridized carbons (Fsp3) is 0.273. The summed E-state index contributed by atoms with van der Waals surface area (Å²) in [5.74, 6) is 1.48. The van der Waals surface area contributed by atoms with Gasteiger partial charge < -0.3 is 10.6 Å². The van der Waals surface area contributed by atoms with E-state index in [1.807, 2.05) is 31.2 Å². The van der Waals surface area contributed by atoms with Crippen LogP contribution in [0.15, 0.2) is 41.8 Å². The van der Waals surface area contributed by atoms with Gasteiger partial charge in [-0.05, 0) is 43.3 Å². The summed E-state index contributed by atoms with van der Waals surface area (Å²) in [4.78, 5) is 27.8. The second-order valence-electron chi connectivity index (χ2n) is 7.33. The van der Waals surface area contributed by atoms with Gasteiger partial charge in [-0.3, -0.25) is 4.79 Å². The Morgan fingerprint density at radius 2 is 2.03 bits per heavy atom. The van der Waals surface area contributed by atoms with Crippen LogP contribution in [0.2, 0.25) is 0 Å². The molecule has 3 aromatic heterocycles. The number of thiophene rings is 1. The van der Waals surface area contributed by atoms with Crippen molar-refractivity contribution < 1.29 is 4.79 Å². The Labute approximate surface area is 182 Å². The highest BCUT2D eigenvalue weighted by Gasteiger charge is 2.27. The molecule has 1 aliphatic rings. The number of ketones is 1. The van der Waals surface area contributed by atoms with Gasteiger partial charge in [-0.2, -0.15) is 4.98 Å². The number of aromatic nitrogens is 3. The van der Waals surface area contributed by atoms with E-state index >= 15 is 0 Å². The maximum atomic E-state index is 12.3. The number of nitrogens with one attached hydrogen (secondary N) is 2. The molecule has 152 valence electrons. The third-order valence-corrected chi connectivity index (χ3v) is 7.14. The second kappa shape index (κ2) is 8.12. The van der Waals surface area contributed by atoms with Crippen molar-refractivity contribution >= 4 is 50.4 Å². The summed E-state index contributed by atoms with van der Waals surface area (Å²) in [7, 11) is 0. The van der Waals surface area contributed by atoms with E-state index in [4.69, 9.17) is 15.0 Å². The van der Waals surface area contributed by atoms with Gasteiger partial charge in [0.15, 0.2) is 5.78 Å². The predicted molar refractivity (Wildman–Crippen MR) is 123 cm³/mol. The van der Waals surface area contributed by atoms with Crippen LogP contribution in [0.1, 0.15) is 29.8 Å². The SMILES string of the molecule is Cc1nc(NCc2cccs2)nc(NC2CCCC2=O)c1-c1nc2ccccc2s1. The van der Waals surface area contributed by atoms with Gasteiger partial charge in [-0.15, -0.1) is 22.7 Å².